The van der Waals surface area contributed by atoms with Crippen molar-refractivity contribution in [3.05, 3.63) is 46.2 Å². The molecule has 2 aromatic rings. The number of sulfone groups is 1. The highest BCUT2D eigenvalue weighted by molar-refractivity contribution is 7.91. The maximum atomic E-state index is 13.5. The molecule has 3 heterocycles. The second-order valence-electron chi connectivity index (χ2n) is 8.39. The van der Waals surface area contributed by atoms with Crippen molar-refractivity contribution in [2.24, 2.45) is 0 Å². The molecule has 2 aliphatic heterocycles. The number of aryl methyl sites for hydroxylation is 1. The molecule has 3 aliphatic rings. The molecule has 1 amide bonds. The van der Waals surface area contributed by atoms with E-state index >= 15 is 0 Å². The fraction of sp³-hybridized carbons (Fsp3) is 0.524. The quantitative estimate of drug-likeness (QED) is 0.720. The summed E-state index contributed by atoms with van der Waals surface area (Å²) in [6, 6.07) is 7.54. The van der Waals surface area contributed by atoms with Crippen LogP contribution >= 0.6 is 11.6 Å². The molecule has 2 saturated heterocycles. The maximum absolute atomic E-state index is 13.5. The minimum atomic E-state index is -3.05. The van der Waals surface area contributed by atoms with Crippen LogP contribution in [0.15, 0.2) is 24.3 Å². The van der Waals surface area contributed by atoms with E-state index in [2.05, 4.69) is 4.90 Å². The topological polar surface area (TPSA) is 75.5 Å². The standard InChI is InChI=1S/C21H25ClN4O3S/c22-15-3-1-4-16(13-15)24-8-10-25(11-9-24)21(27)20-18-5-2-6-19(18)23-26(20)17-7-12-30(28,29)14-17/h1,3-4,13,17H,2,5-12,14H2. The number of halogens is 1. The van der Waals surface area contributed by atoms with Crippen molar-refractivity contribution >= 4 is 33.0 Å². The van der Waals surface area contributed by atoms with Crippen molar-refractivity contribution in [1.29, 1.82) is 0 Å². The monoisotopic (exact) mass is 448 g/mol. The van der Waals surface area contributed by atoms with Gasteiger partial charge >= 0.3 is 0 Å². The smallest absolute Gasteiger partial charge is 0.272 e. The first-order chi connectivity index (χ1) is 14.4. The number of piperazine rings is 1. The summed E-state index contributed by atoms with van der Waals surface area (Å²) in [4.78, 5) is 17.7. The molecule has 9 heteroatoms. The lowest BCUT2D eigenvalue weighted by molar-refractivity contribution is 0.0730. The zero-order chi connectivity index (χ0) is 20.9. The van der Waals surface area contributed by atoms with Crippen LogP contribution in [0.1, 0.15) is 40.6 Å². The molecule has 5 rings (SSSR count). The van der Waals surface area contributed by atoms with Gasteiger partial charge in [-0.05, 0) is 43.9 Å². The van der Waals surface area contributed by atoms with Crippen molar-refractivity contribution in [3.8, 4) is 0 Å². The van der Waals surface area contributed by atoms with E-state index in [1.807, 2.05) is 29.2 Å². The number of rotatable bonds is 3. The summed E-state index contributed by atoms with van der Waals surface area (Å²) < 4.78 is 25.8. The Morgan fingerprint density at radius 3 is 2.63 bits per heavy atom. The predicted molar refractivity (Wildman–Crippen MR) is 116 cm³/mol. The summed E-state index contributed by atoms with van der Waals surface area (Å²) >= 11 is 6.12. The Kier molecular flexibility index (Phi) is 5.01. The molecule has 0 bridgehead atoms. The first-order valence-electron chi connectivity index (χ1n) is 10.5. The molecule has 1 atom stereocenters. The second kappa shape index (κ2) is 7.57. The lowest BCUT2D eigenvalue weighted by Gasteiger charge is -2.36. The molecule has 1 aromatic carbocycles. The van der Waals surface area contributed by atoms with Gasteiger partial charge in [-0.2, -0.15) is 5.10 Å². The Hall–Kier alpha value is -2.06. The molecule has 0 N–H and O–H groups in total. The highest BCUT2D eigenvalue weighted by Gasteiger charge is 2.37. The van der Waals surface area contributed by atoms with Crippen molar-refractivity contribution in [3.63, 3.8) is 0 Å². The van der Waals surface area contributed by atoms with Gasteiger partial charge in [-0.15, -0.1) is 0 Å². The van der Waals surface area contributed by atoms with Gasteiger partial charge in [0.05, 0.1) is 23.2 Å². The highest BCUT2D eigenvalue weighted by Crippen LogP contribution is 2.32. The summed E-state index contributed by atoms with van der Waals surface area (Å²) in [6.07, 6.45) is 3.25. The SMILES string of the molecule is O=C(c1c2c(nn1C1CCS(=O)(=O)C1)CCC2)N1CCN(c2cccc(Cl)c2)CC1. The Balaban J connectivity index is 1.37. The minimum Gasteiger partial charge on any atom is -0.368 e. The summed E-state index contributed by atoms with van der Waals surface area (Å²) in [6.45, 7) is 2.71. The van der Waals surface area contributed by atoms with Gasteiger partial charge in [0.2, 0.25) is 0 Å². The fourth-order valence-corrected chi connectivity index (χ4v) is 6.74. The zero-order valence-corrected chi connectivity index (χ0v) is 18.3. The van der Waals surface area contributed by atoms with Gasteiger partial charge in [0.1, 0.15) is 5.69 Å². The second-order valence-corrected chi connectivity index (χ2v) is 11.1. The molecule has 1 aromatic heterocycles. The Morgan fingerprint density at radius 2 is 1.93 bits per heavy atom. The largest absolute Gasteiger partial charge is 0.368 e. The summed E-state index contributed by atoms with van der Waals surface area (Å²) in [5, 5.41) is 5.41. The Morgan fingerprint density at radius 1 is 1.13 bits per heavy atom. The number of amides is 1. The van der Waals surface area contributed by atoms with Crippen LogP contribution in [0.4, 0.5) is 5.69 Å². The van der Waals surface area contributed by atoms with Gasteiger partial charge in [0.25, 0.3) is 5.91 Å². The third-order valence-electron chi connectivity index (χ3n) is 6.43. The van der Waals surface area contributed by atoms with Gasteiger partial charge in [-0.3, -0.25) is 9.48 Å². The number of fused-ring (bicyclic) bond motifs is 1. The number of carbonyl (C=O) groups is 1. The van der Waals surface area contributed by atoms with Crippen LogP contribution in [-0.4, -0.2) is 66.7 Å². The molecular weight excluding hydrogens is 424 g/mol. The Bertz CT molecular complexity index is 1090. The lowest BCUT2D eigenvalue weighted by atomic mass is 10.1. The van der Waals surface area contributed by atoms with E-state index in [4.69, 9.17) is 16.7 Å². The first-order valence-corrected chi connectivity index (χ1v) is 12.7. The Labute approximate surface area is 181 Å². The normalized spacial score (nSPS) is 23.0. The van der Waals surface area contributed by atoms with Crippen LogP contribution in [0.3, 0.4) is 0 Å². The predicted octanol–water partition coefficient (Wildman–Crippen LogP) is 2.35. The van der Waals surface area contributed by atoms with Crippen LogP contribution in [0, 0.1) is 0 Å². The molecule has 0 radical (unpaired) electrons. The van der Waals surface area contributed by atoms with Crippen LogP contribution in [0.25, 0.3) is 0 Å². The maximum Gasteiger partial charge on any atom is 0.272 e. The summed E-state index contributed by atoms with van der Waals surface area (Å²) in [7, 11) is -3.05. The van der Waals surface area contributed by atoms with Crippen molar-refractivity contribution < 1.29 is 13.2 Å². The number of hydrogen-bond donors (Lipinski definition) is 0. The van der Waals surface area contributed by atoms with E-state index in [-0.39, 0.29) is 23.5 Å². The van der Waals surface area contributed by atoms with E-state index in [0.29, 0.717) is 30.2 Å². The van der Waals surface area contributed by atoms with E-state index in [1.165, 1.54) is 0 Å². The number of aromatic nitrogens is 2. The molecule has 0 spiro atoms. The van der Waals surface area contributed by atoms with E-state index in [9.17, 15) is 13.2 Å². The number of anilines is 1. The third-order valence-corrected chi connectivity index (χ3v) is 8.41. The van der Waals surface area contributed by atoms with Crippen LogP contribution in [0.5, 0.6) is 0 Å². The van der Waals surface area contributed by atoms with Crippen molar-refractivity contribution in [2.45, 2.75) is 31.7 Å². The highest BCUT2D eigenvalue weighted by atomic mass is 35.5. The van der Waals surface area contributed by atoms with Crippen LogP contribution in [0.2, 0.25) is 5.02 Å². The lowest BCUT2D eigenvalue weighted by Crippen LogP contribution is -2.49. The minimum absolute atomic E-state index is 0.0132. The van der Waals surface area contributed by atoms with Gasteiger partial charge in [0, 0.05) is 42.5 Å². The fourth-order valence-electron chi connectivity index (χ4n) is 4.86. The number of carbonyl (C=O) groups excluding carboxylic acids is 1. The van der Waals surface area contributed by atoms with E-state index in [1.54, 1.807) is 4.68 Å². The first kappa shape index (κ1) is 19.9. The molecule has 2 fully saturated rings. The zero-order valence-electron chi connectivity index (χ0n) is 16.8. The summed E-state index contributed by atoms with van der Waals surface area (Å²) in [5.41, 5.74) is 3.69. The average Bonchev–Trinajstić information content (AvgIpc) is 3.41. The van der Waals surface area contributed by atoms with Gasteiger partial charge < -0.3 is 9.80 Å². The van der Waals surface area contributed by atoms with E-state index < -0.39 is 9.84 Å². The molecule has 30 heavy (non-hydrogen) atoms. The van der Waals surface area contributed by atoms with Crippen molar-refractivity contribution in [2.75, 3.05) is 42.6 Å². The molecule has 7 nitrogen and oxygen atoms in total. The van der Waals surface area contributed by atoms with Gasteiger partial charge in [0.15, 0.2) is 9.84 Å². The molecule has 1 unspecified atom stereocenters. The number of nitrogens with zero attached hydrogens (tertiary/aromatic N) is 4. The average molecular weight is 449 g/mol. The summed E-state index contributed by atoms with van der Waals surface area (Å²) in [5.74, 6) is 0.241. The van der Waals surface area contributed by atoms with Crippen LogP contribution in [-0.2, 0) is 22.7 Å². The number of hydrogen-bond acceptors (Lipinski definition) is 5. The molecular formula is C21H25ClN4O3S. The molecule has 160 valence electrons. The molecule has 0 saturated carbocycles. The third kappa shape index (κ3) is 3.60. The van der Waals surface area contributed by atoms with E-state index in [0.717, 1.165) is 49.3 Å². The van der Waals surface area contributed by atoms with Crippen molar-refractivity contribution in [1.82, 2.24) is 14.7 Å². The number of benzene rings is 1. The van der Waals surface area contributed by atoms with Crippen LogP contribution < -0.4 is 4.90 Å². The van der Waals surface area contributed by atoms with Gasteiger partial charge in [-0.25, -0.2) is 8.42 Å². The molecule has 1 aliphatic carbocycles. The van der Waals surface area contributed by atoms with Gasteiger partial charge in [-0.1, -0.05) is 17.7 Å².